The highest BCUT2D eigenvalue weighted by Gasteiger charge is 2.44. The van der Waals surface area contributed by atoms with Crippen LogP contribution < -0.4 is 0 Å². The van der Waals surface area contributed by atoms with Gasteiger partial charge in [0.05, 0.1) is 5.54 Å². The highest BCUT2D eigenvalue weighted by atomic mass is 16.5. The fourth-order valence-corrected chi connectivity index (χ4v) is 1.43. The Labute approximate surface area is 81.4 Å². The van der Waals surface area contributed by atoms with Crippen LogP contribution in [0.5, 0.6) is 0 Å². The first-order valence-corrected chi connectivity index (χ1v) is 4.84. The Balaban J connectivity index is 0.000000671. The maximum atomic E-state index is 9.67. The zero-order chi connectivity index (χ0) is 10.9. The molecule has 0 spiro atoms. The molecule has 0 fully saturated rings. The quantitative estimate of drug-likeness (QED) is 0.631. The summed E-state index contributed by atoms with van der Waals surface area (Å²) >= 11 is 0. The van der Waals surface area contributed by atoms with Gasteiger partial charge in [-0.2, -0.15) is 5.06 Å². The van der Waals surface area contributed by atoms with Crippen LogP contribution in [0.15, 0.2) is 4.99 Å². The van der Waals surface area contributed by atoms with Gasteiger partial charge < -0.3 is 5.21 Å². The van der Waals surface area contributed by atoms with E-state index in [0.29, 0.717) is 0 Å². The molecule has 13 heavy (non-hydrogen) atoms. The van der Waals surface area contributed by atoms with Crippen LogP contribution >= 0.6 is 0 Å². The van der Waals surface area contributed by atoms with E-state index in [1.165, 1.54) is 5.06 Å². The van der Waals surface area contributed by atoms with Gasteiger partial charge >= 0.3 is 0 Å². The number of aliphatic imine (C=N–C) groups is 1. The predicted molar refractivity (Wildman–Crippen MR) is 56.2 cm³/mol. The van der Waals surface area contributed by atoms with Gasteiger partial charge in [0.1, 0.15) is 5.66 Å². The minimum Gasteiger partial charge on any atom is -0.311 e. The monoisotopic (exact) mass is 186 g/mol. The Kier molecular flexibility index (Phi) is 3.64. The molecule has 0 bridgehead atoms. The predicted octanol–water partition coefficient (Wildman–Crippen LogP) is 2.69. The van der Waals surface area contributed by atoms with E-state index in [2.05, 4.69) is 4.99 Å². The first-order valence-electron chi connectivity index (χ1n) is 4.84. The third-order valence-corrected chi connectivity index (χ3v) is 2.37. The number of hydrogen-bond acceptors (Lipinski definition) is 3. The molecule has 1 heterocycles. The Hall–Kier alpha value is -0.410. The van der Waals surface area contributed by atoms with E-state index in [1.54, 1.807) is 0 Å². The molecular formula is C10H22N2O. The van der Waals surface area contributed by atoms with Gasteiger partial charge in [0.25, 0.3) is 0 Å². The first kappa shape index (κ1) is 12.6. The lowest BCUT2D eigenvalue weighted by Crippen LogP contribution is -2.49. The van der Waals surface area contributed by atoms with Gasteiger partial charge in [-0.25, -0.2) is 0 Å². The summed E-state index contributed by atoms with van der Waals surface area (Å²) in [6.45, 7) is 13.6. The smallest absolute Gasteiger partial charge is 0.130 e. The number of hydrogen-bond donors (Lipinski definition) is 1. The molecule has 0 unspecified atom stereocenters. The summed E-state index contributed by atoms with van der Waals surface area (Å²) in [5.41, 5.74) is 0.196. The molecule has 3 nitrogen and oxygen atoms in total. The molecule has 1 aliphatic heterocycles. The molecule has 0 amide bonds. The third kappa shape index (κ3) is 2.09. The van der Waals surface area contributed by atoms with E-state index in [0.717, 1.165) is 5.71 Å². The van der Waals surface area contributed by atoms with Crippen LogP contribution in [-0.4, -0.2) is 27.2 Å². The van der Waals surface area contributed by atoms with E-state index >= 15 is 0 Å². The summed E-state index contributed by atoms with van der Waals surface area (Å²) in [4.78, 5) is 4.35. The SMILES string of the molecule is CC.CC1=NC(C)(C)N(O)C1(C)C. The van der Waals surface area contributed by atoms with E-state index in [9.17, 15) is 5.21 Å². The van der Waals surface area contributed by atoms with Crippen molar-refractivity contribution >= 4 is 5.71 Å². The van der Waals surface area contributed by atoms with Crippen LogP contribution in [0.3, 0.4) is 0 Å². The summed E-state index contributed by atoms with van der Waals surface area (Å²) in [5, 5.41) is 11.0. The lowest BCUT2D eigenvalue weighted by molar-refractivity contribution is -0.188. The fraction of sp³-hybridized carbons (Fsp3) is 0.900. The molecular weight excluding hydrogens is 164 g/mol. The molecule has 1 rings (SSSR count). The molecule has 0 aromatic heterocycles. The van der Waals surface area contributed by atoms with Crippen molar-refractivity contribution in [3.63, 3.8) is 0 Å². The van der Waals surface area contributed by atoms with Crippen LogP contribution in [0.4, 0.5) is 0 Å². The van der Waals surface area contributed by atoms with Crippen molar-refractivity contribution in [3.05, 3.63) is 0 Å². The summed E-state index contributed by atoms with van der Waals surface area (Å²) in [6.07, 6.45) is 0. The van der Waals surface area contributed by atoms with Gasteiger partial charge in [-0.05, 0) is 34.6 Å². The lowest BCUT2D eigenvalue weighted by atomic mass is 10.0. The minimum atomic E-state index is -0.465. The highest BCUT2D eigenvalue weighted by molar-refractivity contribution is 5.92. The van der Waals surface area contributed by atoms with E-state index < -0.39 is 5.66 Å². The van der Waals surface area contributed by atoms with Gasteiger partial charge in [0, 0.05) is 5.71 Å². The number of nitrogens with zero attached hydrogens (tertiary/aromatic N) is 2. The Morgan fingerprint density at radius 3 is 1.62 bits per heavy atom. The molecule has 0 saturated carbocycles. The second-order valence-corrected chi connectivity index (χ2v) is 4.06. The van der Waals surface area contributed by atoms with Crippen LogP contribution in [0.1, 0.15) is 48.5 Å². The Morgan fingerprint density at radius 2 is 1.54 bits per heavy atom. The van der Waals surface area contributed by atoms with E-state index in [1.807, 2.05) is 48.5 Å². The molecule has 0 radical (unpaired) electrons. The average molecular weight is 186 g/mol. The fourth-order valence-electron chi connectivity index (χ4n) is 1.43. The zero-order valence-electron chi connectivity index (χ0n) is 9.84. The Bertz CT molecular complexity index is 207. The van der Waals surface area contributed by atoms with Crippen molar-refractivity contribution in [2.75, 3.05) is 0 Å². The van der Waals surface area contributed by atoms with Crippen molar-refractivity contribution in [1.82, 2.24) is 5.06 Å². The zero-order valence-corrected chi connectivity index (χ0v) is 9.84. The summed E-state index contributed by atoms with van der Waals surface area (Å²) < 4.78 is 0. The van der Waals surface area contributed by atoms with Crippen molar-refractivity contribution in [3.8, 4) is 0 Å². The normalized spacial score (nSPS) is 24.8. The molecule has 0 saturated heterocycles. The van der Waals surface area contributed by atoms with E-state index in [4.69, 9.17) is 0 Å². The highest BCUT2D eigenvalue weighted by Crippen LogP contribution is 2.32. The molecule has 1 N–H and O–H groups in total. The van der Waals surface area contributed by atoms with Gasteiger partial charge in [0.2, 0.25) is 0 Å². The second-order valence-electron chi connectivity index (χ2n) is 4.06. The minimum absolute atomic E-state index is 0.316. The molecule has 0 aromatic rings. The summed E-state index contributed by atoms with van der Waals surface area (Å²) in [7, 11) is 0. The third-order valence-electron chi connectivity index (χ3n) is 2.37. The van der Waals surface area contributed by atoms with Gasteiger partial charge in [-0.1, -0.05) is 13.8 Å². The standard InChI is InChI=1S/C8H16N2O.C2H6/c1-6-7(2,3)10(11)8(4,5)9-6;1-2/h11H,1-5H3;1-2H3. The van der Waals surface area contributed by atoms with Gasteiger partial charge in [-0.3, -0.25) is 4.99 Å². The maximum Gasteiger partial charge on any atom is 0.130 e. The molecule has 0 atom stereocenters. The second kappa shape index (κ2) is 3.76. The molecule has 3 heteroatoms. The van der Waals surface area contributed by atoms with Crippen LogP contribution in [-0.2, 0) is 0 Å². The van der Waals surface area contributed by atoms with Gasteiger partial charge in [-0.15, -0.1) is 0 Å². The molecule has 0 aromatic carbocycles. The average Bonchev–Trinajstić information content (AvgIpc) is 2.17. The maximum absolute atomic E-state index is 9.67. The van der Waals surface area contributed by atoms with Crippen molar-refractivity contribution in [2.45, 2.75) is 59.7 Å². The van der Waals surface area contributed by atoms with Crippen LogP contribution in [0.2, 0.25) is 0 Å². The van der Waals surface area contributed by atoms with Gasteiger partial charge in [0.15, 0.2) is 0 Å². The Morgan fingerprint density at radius 1 is 1.15 bits per heavy atom. The van der Waals surface area contributed by atoms with Crippen LogP contribution in [0.25, 0.3) is 0 Å². The summed E-state index contributed by atoms with van der Waals surface area (Å²) in [6, 6.07) is 0. The number of hydroxylamine groups is 2. The number of rotatable bonds is 0. The summed E-state index contributed by atoms with van der Waals surface area (Å²) in [5.74, 6) is 0. The van der Waals surface area contributed by atoms with Crippen molar-refractivity contribution in [1.29, 1.82) is 0 Å². The largest absolute Gasteiger partial charge is 0.311 e. The van der Waals surface area contributed by atoms with Crippen molar-refractivity contribution in [2.24, 2.45) is 4.99 Å². The molecule has 0 aliphatic carbocycles. The van der Waals surface area contributed by atoms with E-state index in [-0.39, 0.29) is 5.54 Å². The van der Waals surface area contributed by atoms with Crippen LogP contribution in [0, 0.1) is 0 Å². The molecule has 1 aliphatic rings. The topological polar surface area (TPSA) is 35.8 Å². The first-order chi connectivity index (χ1) is 5.78. The molecule has 78 valence electrons. The van der Waals surface area contributed by atoms with Crippen molar-refractivity contribution < 1.29 is 5.21 Å². The lowest BCUT2D eigenvalue weighted by Gasteiger charge is -2.33.